The predicted molar refractivity (Wildman–Crippen MR) is 87.8 cm³/mol. The summed E-state index contributed by atoms with van der Waals surface area (Å²) in [5, 5.41) is 8.23. The van der Waals surface area contributed by atoms with Crippen molar-refractivity contribution in [2.24, 2.45) is 0 Å². The molecule has 116 valence electrons. The van der Waals surface area contributed by atoms with E-state index in [1.54, 1.807) is 18.0 Å². The Labute approximate surface area is 131 Å². The zero-order valence-corrected chi connectivity index (χ0v) is 13.4. The van der Waals surface area contributed by atoms with Crippen LogP contribution in [0.25, 0.3) is 0 Å². The summed E-state index contributed by atoms with van der Waals surface area (Å²) >= 11 is 0. The van der Waals surface area contributed by atoms with E-state index in [4.69, 9.17) is 0 Å². The molecule has 0 N–H and O–H groups in total. The Morgan fingerprint density at radius 3 is 2.23 bits per heavy atom. The smallest absolute Gasteiger partial charge is 0.274 e. The van der Waals surface area contributed by atoms with Crippen molar-refractivity contribution in [2.45, 2.75) is 20.4 Å². The van der Waals surface area contributed by atoms with Gasteiger partial charge in [0, 0.05) is 26.7 Å². The molecule has 1 aromatic carbocycles. The fourth-order valence-corrected chi connectivity index (χ4v) is 2.28. The Balaban J connectivity index is 2.06. The van der Waals surface area contributed by atoms with Gasteiger partial charge in [-0.15, -0.1) is 10.2 Å². The second-order valence-corrected chi connectivity index (χ2v) is 5.10. The van der Waals surface area contributed by atoms with Crippen LogP contribution in [-0.2, 0) is 6.54 Å². The molecule has 0 bridgehead atoms. The zero-order chi connectivity index (χ0) is 15.9. The molecule has 1 heterocycles. The molecule has 0 aliphatic heterocycles. The molecule has 0 radical (unpaired) electrons. The number of hydrogen-bond donors (Lipinski definition) is 0. The van der Waals surface area contributed by atoms with E-state index in [9.17, 15) is 4.79 Å². The molecule has 2 rings (SSSR count). The molecule has 0 unspecified atom stereocenters. The van der Waals surface area contributed by atoms with Gasteiger partial charge in [0.1, 0.15) is 0 Å². The number of amides is 1. The lowest BCUT2D eigenvalue weighted by Gasteiger charge is -2.20. The molecule has 0 atom stereocenters. The van der Waals surface area contributed by atoms with Crippen LogP contribution in [0.2, 0.25) is 0 Å². The van der Waals surface area contributed by atoms with Gasteiger partial charge in [-0.25, -0.2) is 0 Å². The Morgan fingerprint density at radius 2 is 1.68 bits per heavy atom. The van der Waals surface area contributed by atoms with Crippen molar-refractivity contribution in [2.75, 3.05) is 25.0 Å². The zero-order valence-electron chi connectivity index (χ0n) is 13.4. The van der Waals surface area contributed by atoms with Crippen LogP contribution in [0.5, 0.6) is 0 Å². The summed E-state index contributed by atoms with van der Waals surface area (Å²) in [5.74, 6) is 0.676. The molecule has 2 aromatic rings. The lowest BCUT2D eigenvalue weighted by atomic mass is 10.2. The lowest BCUT2D eigenvalue weighted by molar-refractivity contribution is 0.0778. The minimum absolute atomic E-state index is 0.123. The lowest BCUT2D eigenvalue weighted by Crippen LogP contribution is -2.28. The molecule has 5 nitrogen and oxygen atoms in total. The maximum absolute atomic E-state index is 12.4. The maximum atomic E-state index is 12.4. The number of benzene rings is 1. The molecule has 5 heteroatoms. The second kappa shape index (κ2) is 7.54. The Hall–Kier alpha value is -2.43. The summed E-state index contributed by atoms with van der Waals surface area (Å²) < 4.78 is 0. The molecule has 0 aliphatic carbocycles. The Bertz CT molecular complexity index is 594. The quantitative estimate of drug-likeness (QED) is 0.822. The van der Waals surface area contributed by atoms with Gasteiger partial charge in [-0.05, 0) is 31.5 Å². The van der Waals surface area contributed by atoms with Crippen LogP contribution < -0.4 is 4.90 Å². The van der Waals surface area contributed by atoms with Crippen molar-refractivity contribution in [3.8, 4) is 0 Å². The van der Waals surface area contributed by atoms with Gasteiger partial charge < -0.3 is 9.80 Å². The van der Waals surface area contributed by atoms with Crippen molar-refractivity contribution in [1.82, 2.24) is 15.1 Å². The molecule has 22 heavy (non-hydrogen) atoms. The minimum Gasteiger partial charge on any atom is -0.356 e. The van der Waals surface area contributed by atoms with Crippen molar-refractivity contribution in [3.05, 3.63) is 53.7 Å². The van der Waals surface area contributed by atoms with Crippen LogP contribution >= 0.6 is 0 Å². The van der Waals surface area contributed by atoms with E-state index in [2.05, 4.69) is 28.9 Å². The molecule has 0 saturated carbocycles. The summed E-state index contributed by atoms with van der Waals surface area (Å²) in [6.07, 6.45) is 0. The molecule has 0 spiro atoms. The van der Waals surface area contributed by atoms with Gasteiger partial charge in [0.05, 0.1) is 0 Å². The molecular formula is C17H22N4O. The van der Waals surface area contributed by atoms with Gasteiger partial charge in [0.25, 0.3) is 5.91 Å². The van der Waals surface area contributed by atoms with Gasteiger partial charge in [-0.2, -0.15) is 0 Å². The van der Waals surface area contributed by atoms with E-state index in [1.165, 1.54) is 0 Å². The Morgan fingerprint density at radius 1 is 1.00 bits per heavy atom. The van der Waals surface area contributed by atoms with E-state index < -0.39 is 0 Å². The minimum atomic E-state index is -0.123. The normalized spacial score (nSPS) is 10.3. The van der Waals surface area contributed by atoms with Crippen LogP contribution in [-0.4, -0.2) is 41.1 Å². The summed E-state index contributed by atoms with van der Waals surface area (Å²) in [6, 6.07) is 13.5. The summed E-state index contributed by atoms with van der Waals surface area (Å²) in [7, 11) is 1.77. The molecule has 0 aliphatic rings. The number of carbonyl (C=O) groups is 1. The average molecular weight is 298 g/mol. The topological polar surface area (TPSA) is 49.3 Å². The standard InChI is InChI=1S/C17H22N4O/c1-4-21(5-2)16-12-11-15(18-19-16)17(22)20(3)13-14-9-7-6-8-10-14/h6-12H,4-5,13H2,1-3H3. The van der Waals surface area contributed by atoms with Crippen molar-refractivity contribution in [1.29, 1.82) is 0 Å². The third-order valence-corrected chi connectivity index (χ3v) is 3.57. The van der Waals surface area contributed by atoms with E-state index in [0.717, 1.165) is 24.5 Å². The molecule has 0 fully saturated rings. The van der Waals surface area contributed by atoms with Gasteiger partial charge in [0.2, 0.25) is 0 Å². The molecular weight excluding hydrogens is 276 g/mol. The first-order chi connectivity index (χ1) is 10.7. The molecule has 0 saturated heterocycles. The van der Waals surface area contributed by atoms with Crippen LogP contribution in [0.4, 0.5) is 5.82 Å². The fraction of sp³-hybridized carbons (Fsp3) is 0.353. The number of carbonyl (C=O) groups excluding carboxylic acids is 1. The summed E-state index contributed by atoms with van der Waals surface area (Å²) in [4.78, 5) is 16.1. The first-order valence-corrected chi connectivity index (χ1v) is 7.53. The Kier molecular flexibility index (Phi) is 5.47. The maximum Gasteiger partial charge on any atom is 0.274 e. The highest BCUT2D eigenvalue weighted by molar-refractivity contribution is 5.92. The van der Waals surface area contributed by atoms with Crippen LogP contribution in [0.15, 0.2) is 42.5 Å². The predicted octanol–water partition coefficient (Wildman–Crippen LogP) is 2.60. The summed E-state index contributed by atoms with van der Waals surface area (Å²) in [5.41, 5.74) is 1.46. The number of aromatic nitrogens is 2. The van der Waals surface area contributed by atoms with Gasteiger partial charge >= 0.3 is 0 Å². The number of rotatable bonds is 6. The summed E-state index contributed by atoms with van der Waals surface area (Å²) in [6.45, 7) is 6.42. The largest absolute Gasteiger partial charge is 0.356 e. The van der Waals surface area contributed by atoms with Gasteiger partial charge in [-0.1, -0.05) is 30.3 Å². The number of anilines is 1. The van der Waals surface area contributed by atoms with Crippen LogP contribution in [0.3, 0.4) is 0 Å². The SMILES string of the molecule is CCN(CC)c1ccc(C(=O)N(C)Cc2ccccc2)nn1. The first kappa shape index (κ1) is 15.9. The highest BCUT2D eigenvalue weighted by atomic mass is 16.2. The van der Waals surface area contributed by atoms with Crippen molar-refractivity contribution >= 4 is 11.7 Å². The number of nitrogens with zero attached hydrogens (tertiary/aromatic N) is 4. The second-order valence-electron chi connectivity index (χ2n) is 5.10. The molecule has 1 amide bonds. The van der Waals surface area contributed by atoms with Crippen molar-refractivity contribution in [3.63, 3.8) is 0 Å². The van der Waals surface area contributed by atoms with Crippen LogP contribution in [0, 0.1) is 0 Å². The first-order valence-electron chi connectivity index (χ1n) is 7.53. The number of hydrogen-bond acceptors (Lipinski definition) is 4. The third-order valence-electron chi connectivity index (χ3n) is 3.57. The van der Waals surface area contributed by atoms with E-state index in [-0.39, 0.29) is 5.91 Å². The monoisotopic (exact) mass is 298 g/mol. The molecule has 1 aromatic heterocycles. The van der Waals surface area contributed by atoms with Crippen LogP contribution in [0.1, 0.15) is 29.9 Å². The van der Waals surface area contributed by atoms with E-state index >= 15 is 0 Å². The highest BCUT2D eigenvalue weighted by Gasteiger charge is 2.15. The third kappa shape index (κ3) is 3.81. The van der Waals surface area contributed by atoms with Gasteiger partial charge in [-0.3, -0.25) is 4.79 Å². The average Bonchev–Trinajstić information content (AvgIpc) is 2.57. The van der Waals surface area contributed by atoms with E-state index in [1.807, 2.05) is 36.4 Å². The fourth-order valence-electron chi connectivity index (χ4n) is 2.28. The highest BCUT2D eigenvalue weighted by Crippen LogP contribution is 2.11. The van der Waals surface area contributed by atoms with Crippen molar-refractivity contribution < 1.29 is 4.79 Å². The van der Waals surface area contributed by atoms with Gasteiger partial charge in [0.15, 0.2) is 11.5 Å². The van der Waals surface area contributed by atoms with E-state index in [0.29, 0.717) is 12.2 Å².